The first-order valence-electron chi connectivity index (χ1n) is 8.27. The van der Waals surface area contributed by atoms with Gasteiger partial charge in [0.2, 0.25) is 0 Å². The molecule has 0 bridgehead atoms. The Morgan fingerprint density at radius 2 is 1.96 bits per heavy atom. The van der Waals surface area contributed by atoms with Gasteiger partial charge in [-0.2, -0.15) is 5.10 Å². The van der Waals surface area contributed by atoms with E-state index in [1.165, 1.54) is 11.9 Å². The summed E-state index contributed by atoms with van der Waals surface area (Å²) >= 11 is 0. The van der Waals surface area contributed by atoms with Crippen molar-refractivity contribution in [3.63, 3.8) is 0 Å². The summed E-state index contributed by atoms with van der Waals surface area (Å²) in [7, 11) is 1.85. The Kier molecular flexibility index (Phi) is 5.95. The summed E-state index contributed by atoms with van der Waals surface area (Å²) in [6, 6.07) is 10.1. The lowest BCUT2D eigenvalue weighted by molar-refractivity contribution is 0.217. The Labute approximate surface area is 143 Å². The minimum Gasteiger partial charge on any atom is -0.338 e. The van der Waals surface area contributed by atoms with Gasteiger partial charge in [-0.3, -0.25) is 4.68 Å². The molecule has 2 amide bonds. The number of carbonyl (C=O) groups excluding carboxylic acids is 1. The number of aryl methyl sites for hydroxylation is 1. The van der Waals surface area contributed by atoms with Gasteiger partial charge in [0, 0.05) is 26.1 Å². The summed E-state index contributed by atoms with van der Waals surface area (Å²) in [5, 5.41) is 10.0. The van der Waals surface area contributed by atoms with E-state index in [4.69, 9.17) is 0 Å². The van der Waals surface area contributed by atoms with Crippen LogP contribution in [0.1, 0.15) is 32.2 Å². The third-order valence-electron chi connectivity index (χ3n) is 4.07. The van der Waals surface area contributed by atoms with E-state index >= 15 is 0 Å². The number of hydrogen-bond acceptors (Lipinski definition) is 3. The summed E-state index contributed by atoms with van der Waals surface area (Å²) < 4.78 is 1.72. The monoisotopic (exact) mass is 329 g/mol. The normalized spacial score (nSPS) is 12.7. The number of benzene rings is 1. The molecule has 0 unspecified atom stereocenters. The Morgan fingerprint density at radius 1 is 1.25 bits per heavy atom. The minimum absolute atomic E-state index is 0.0310. The highest BCUT2D eigenvalue weighted by Crippen LogP contribution is 2.22. The van der Waals surface area contributed by atoms with Gasteiger partial charge >= 0.3 is 6.03 Å². The van der Waals surface area contributed by atoms with Gasteiger partial charge in [0.25, 0.3) is 0 Å². The first-order valence-corrected chi connectivity index (χ1v) is 8.27. The molecule has 1 heterocycles. The number of nitrogens with zero attached hydrogens (tertiary/aromatic N) is 3. The number of urea groups is 1. The first kappa shape index (κ1) is 18.0. The van der Waals surface area contributed by atoms with Crippen LogP contribution in [-0.2, 0) is 19.9 Å². The maximum Gasteiger partial charge on any atom is 0.315 e. The van der Waals surface area contributed by atoms with Crippen LogP contribution in [0.15, 0.2) is 36.7 Å². The molecule has 0 saturated carbocycles. The Balaban J connectivity index is 1.87. The average molecular weight is 329 g/mol. The highest BCUT2D eigenvalue weighted by molar-refractivity contribution is 5.74. The second-order valence-electron chi connectivity index (χ2n) is 7.06. The van der Waals surface area contributed by atoms with Gasteiger partial charge in [-0.1, -0.05) is 51.1 Å². The predicted octanol–water partition coefficient (Wildman–Crippen LogP) is 2.31. The Bertz CT molecular complexity index is 645. The largest absolute Gasteiger partial charge is 0.338 e. The maximum atomic E-state index is 12.2. The van der Waals surface area contributed by atoms with Crippen LogP contribution in [0.3, 0.4) is 0 Å². The first-order chi connectivity index (χ1) is 11.4. The smallest absolute Gasteiger partial charge is 0.315 e. The molecule has 1 aromatic carbocycles. The fourth-order valence-electron chi connectivity index (χ4n) is 2.47. The standard InChI is InChI=1S/C18H27N5O/c1-18(2,3)15(12-14-8-6-5-7-9-14)22-17(24)19-11-10-16-20-13-21-23(16)4/h5-9,13,15H,10-12H2,1-4H3,(H2,19,22,24)/t15-/m1/s1. The van der Waals surface area contributed by atoms with E-state index in [0.29, 0.717) is 13.0 Å². The van der Waals surface area contributed by atoms with Crippen LogP contribution in [0, 0.1) is 5.41 Å². The molecule has 0 saturated heterocycles. The van der Waals surface area contributed by atoms with E-state index in [0.717, 1.165) is 12.2 Å². The summed E-state index contributed by atoms with van der Waals surface area (Å²) in [4.78, 5) is 16.4. The molecule has 2 N–H and O–H groups in total. The van der Waals surface area contributed by atoms with Crippen molar-refractivity contribution < 1.29 is 4.79 Å². The molecule has 0 aliphatic rings. The molecule has 0 radical (unpaired) electrons. The lowest BCUT2D eigenvalue weighted by Crippen LogP contribution is -2.49. The molecule has 0 spiro atoms. The van der Waals surface area contributed by atoms with E-state index in [1.807, 2.05) is 25.2 Å². The summed E-state index contributed by atoms with van der Waals surface area (Å²) in [6.07, 6.45) is 2.98. The molecule has 6 nitrogen and oxygen atoms in total. The number of nitrogens with one attached hydrogen (secondary N) is 2. The highest BCUT2D eigenvalue weighted by Gasteiger charge is 2.26. The van der Waals surface area contributed by atoms with Gasteiger partial charge < -0.3 is 10.6 Å². The molecule has 2 aromatic rings. The fraction of sp³-hybridized carbons (Fsp3) is 0.500. The third-order valence-corrected chi connectivity index (χ3v) is 4.07. The van der Waals surface area contributed by atoms with Crippen LogP contribution in [0.2, 0.25) is 0 Å². The van der Waals surface area contributed by atoms with Crippen molar-refractivity contribution in [2.45, 2.75) is 39.7 Å². The second kappa shape index (κ2) is 7.95. The van der Waals surface area contributed by atoms with Gasteiger partial charge in [0.1, 0.15) is 12.2 Å². The molecular formula is C18H27N5O. The van der Waals surface area contributed by atoms with Gasteiger partial charge in [-0.25, -0.2) is 9.78 Å². The lowest BCUT2D eigenvalue weighted by Gasteiger charge is -2.31. The molecule has 24 heavy (non-hydrogen) atoms. The van der Waals surface area contributed by atoms with Crippen molar-refractivity contribution in [2.75, 3.05) is 6.54 Å². The predicted molar refractivity (Wildman–Crippen MR) is 94.6 cm³/mol. The third kappa shape index (κ3) is 5.37. The second-order valence-corrected chi connectivity index (χ2v) is 7.06. The quantitative estimate of drug-likeness (QED) is 0.854. The summed E-state index contributed by atoms with van der Waals surface area (Å²) in [5.41, 5.74) is 1.19. The number of carbonyl (C=O) groups is 1. The Morgan fingerprint density at radius 3 is 2.54 bits per heavy atom. The van der Waals surface area contributed by atoms with Crippen molar-refractivity contribution in [3.8, 4) is 0 Å². The number of hydrogen-bond donors (Lipinski definition) is 2. The van der Waals surface area contributed by atoms with Gasteiger partial charge in [0.15, 0.2) is 0 Å². The van der Waals surface area contributed by atoms with E-state index in [9.17, 15) is 4.79 Å². The van der Waals surface area contributed by atoms with E-state index in [2.05, 4.69) is 53.6 Å². The molecule has 6 heteroatoms. The van der Waals surface area contributed by atoms with E-state index in [-0.39, 0.29) is 17.5 Å². The summed E-state index contributed by atoms with van der Waals surface area (Å²) in [5.74, 6) is 0.854. The topological polar surface area (TPSA) is 71.8 Å². The van der Waals surface area contributed by atoms with E-state index < -0.39 is 0 Å². The molecule has 130 valence electrons. The van der Waals surface area contributed by atoms with Gasteiger partial charge in [-0.05, 0) is 17.4 Å². The fourth-order valence-corrected chi connectivity index (χ4v) is 2.47. The lowest BCUT2D eigenvalue weighted by atomic mass is 9.83. The maximum absolute atomic E-state index is 12.2. The van der Waals surface area contributed by atoms with Crippen LogP contribution in [-0.4, -0.2) is 33.4 Å². The zero-order chi connectivity index (χ0) is 17.6. The van der Waals surface area contributed by atoms with Crippen molar-refractivity contribution in [2.24, 2.45) is 12.5 Å². The van der Waals surface area contributed by atoms with E-state index in [1.54, 1.807) is 4.68 Å². The van der Waals surface area contributed by atoms with Gasteiger partial charge in [-0.15, -0.1) is 0 Å². The van der Waals surface area contributed by atoms with Crippen LogP contribution in [0.5, 0.6) is 0 Å². The van der Waals surface area contributed by atoms with Gasteiger partial charge in [0.05, 0.1) is 0 Å². The zero-order valence-corrected chi connectivity index (χ0v) is 14.9. The molecule has 1 atom stereocenters. The van der Waals surface area contributed by atoms with Crippen LogP contribution in [0.25, 0.3) is 0 Å². The Hall–Kier alpha value is -2.37. The highest BCUT2D eigenvalue weighted by atomic mass is 16.2. The number of aromatic nitrogens is 3. The van der Waals surface area contributed by atoms with Crippen LogP contribution >= 0.6 is 0 Å². The SMILES string of the molecule is Cn1ncnc1CCNC(=O)N[C@H](Cc1ccccc1)C(C)(C)C. The van der Waals surface area contributed by atoms with Crippen molar-refractivity contribution in [3.05, 3.63) is 48.0 Å². The number of amides is 2. The van der Waals surface area contributed by atoms with Crippen molar-refractivity contribution in [1.29, 1.82) is 0 Å². The molecule has 0 aliphatic heterocycles. The van der Waals surface area contributed by atoms with Crippen LogP contribution < -0.4 is 10.6 Å². The molecule has 0 aliphatic carbocycles. The van der Waals surface area contributed by atoms with Crippen LogP contribution in [0.4, 0.5) is 4.79 Å². The zero-order valence-electron chi connectivity index (χ0n) is 14.9. The summed E-state index contributed by atoms with van der Waals surface area (Å²) in [6.45, 7) is 6.95. The average Bonchev–Trinajstić information content (AvgIpc) is 2.92. The number of rotatable bonds is 6. The minimum atomic E-state index is -0.145. The molecule has 0 fully saturated rings. The molecule has 1 aromatic heterocycles. The van der Waals surface area contributed by atoms with Crippen molar-refractivity contribution >= 4 is 6.03 Å². The van der Waals surface area contributed by atoms with Crippen molar-refractivity contribution in [1.82, 2.24) is 25.4 Å². The molecular weight excluding hydrogens is 302 g/mol. The molecule has 2 rings (SSSR count).